The van der Waals surface area contributed by atoms with Gasteiger partial charge in [-0.15, -0.1) is 10.2 Å². The number of nitrogens with one attached hydrogen (secondary N) is 1. The van der Waals surface area contributed by atoms with Gasteiger partial charge in [0.15, 0.2) is 11.0 Å². The largest absolute Gasteiger partial charge is 0.324 e. The summed E-state index contributed by atoms with van der Waals surface area (Å²) in [5.41, 5.74) is 2.52. The van der Waals surface area contributed by atoms with Crippen molar-refractivity contribution >= 4 is 46.6 Å². The lowest BCUT2D eigenvalue weighted by molar-refractivity contribution is -0.113. The lowest BCUT2D eigenvalue weighted by Gasteiger charge is -2.17. The summed E-state index contributed by atoms with van der Waals surface area (Å²) in [6.07, 6.45) is 4.52. The van der Waals surface area contributed by atoms with Crippen LogP contribution in [0.15, 0.2) is 47.6 Å². The van der Waals surface area contributed by atoms with E-state index in [-0.39, 0.29) is 11.7 Å². The molecule has 0 spiro atoms. The maximum Gasteiger partial charge on any atom is 0.234 e. The Morgan fingerprint density at radius 2 is 1.90 bits per heavy atom. The van der Waals surface area contributed by atoms with E-state index in [9.17, 15) is 4.79 Å². The number of anilines is 1. The zero-order valence-corrected chi connectivity index (χ0v) is 18.9. The number of hydrogen-bond acceptors (Lipinski definition) is 4. The molecule has 0 aliphatic heterocycles. The van der Waals surface area contributed by atoms with Crippen molar-refractivity contribution in [3.05, 3.63) is 58.1 Å². The van der Waals surface area contributed by atoms with Gasteiger partial charge in [0.25, 0.3) is 0 Å². The molecule has 156 valence electrons. The van der Waals surface area contributed by atoms with Crippen molar-refractivity contribution in [3.8, 4) is 11.4 Å². The number of amides is 1. The third-order valence-corrected chi connectivity index (χ3v) is 6.79. The number of hydrogen-bond donors (Lipinski definition) is 1. The molecule has 0 bridgehead atoms. The first-order valence-corrected chi connectivity index (χ1v) is 11.7. The second-order valence-electron chi connectivity index (χ2n) is 7.41. The SMILES string of the molecule is Cc1ccc(NC(=O)CSc2nnc(-c3ccccc3Cl)n2C2CCCC2)c(Cl)c1. The number of benzene rings is 2. The molecule has 4 rings (SSSR count). The molecule has 0 saturated heterocycles. The van der Waals surface area contributed by atoms with Gasteiger partial charge in [-0.1, -0.05) is 66.0 Å². The monoisotopic (exact) mass is 460 g/mol. The number of nitrogens with zero attached hydrogens (tertiary/aromatic N) is 3. The van der Waals surface area contributed by atoms with E-state index in [0.29, 0.717) is 21.8 Å². The van der Waals surface area contributed by atoms with E-state index in [1.54, 1.807) is 0 Å². The van der Waals surface area contributed by atoms with Crippen LogP contribution in [0.1, 0.15) is 37.3 Å². The summed E-state index contributed by atoms with van der Waals surface area (Å²) in [6.45, 7) is 1.96. The molecular weight excluding hydrogens is 439 g/mol. The maximum absolute atomic E-state index is 12.5. The molecule has 8 heteroatoms. The molecule has 1 heterocycles. The third kappa shape index (κ3) is 4.66. The molecule has 0 atom stereocenters. The standard InChI is InChI=1S/C22H22Cl2N4OS/c1-14-10-11-19(18(24)12-14)25-20(29)13-30-22-27-26-21(16-8-4-5-9-17(16)23)28(22)15-6-2-3-7-15/h4-5,8-12,15H,2-3,6-7,13H2,1H3,(H,25,29). The van der Waals surface area contributed by atoms with E-state index in [0.717, 1.165) is 34.9 Å². The van der Waals surface area contributed by atoms with Crippen molar-refractivity contribution < 1.29 is 4.79 Å². The predicted molar refractivity (Wildman–Crippen MR) is 124 cm³/mol. The van der Waals surface area contributed by atoms with Gasteiger partial charge in [-0.2, -0.15) is 0 Å². The Balaban J connectivity index is 1.54. The van der Waals surface area contributed by atoms with Crippen molar-refractivity contribution in [2.75, 3.05) is 11.1 Å². The van der Waals surface area contributed by atoms with Crippen LogP contribution in [0.2, 0.25) is 10.0 Å². The first-order chi connectivity index (χ1) is 14.5. The van der Waals surface area contributed by atoms with Gasteiger partial charge < -0.3 is 5.32 Å². The van der Waals surface area contributed by atoms with E-state index in [4.69, 9.17) is 23.2 Å². The maximum atomic E-state index is 12.5. The molecular formula is C22H22Cl2N4OS. The summed E-state index contributed by atoms with van der Waals surface area (Å²) >= 11 is 14.0. The average molecular weight is 461 g/mol. The van der Waals surface area contributed by atoms with Gasteiger partial charge in [0.1, 0.15) is 0 Å². The Bertz CT molecular complexity index is 1060. The molecule has 5 nitrogen and oxygen atoms in total. The van der Waals surface area contributed by atoms with Gasteiger partial charge in [-0.3, -0.25) is 9.36 Å². The van der Waals surface area contributed by atoms with E-state index < -0.39 is 0 Å². The first kappa shape index (κ1) is 21.2. The summed E-state index contributed by atoms with van der Waals surface area (Å²) in [5, 5.41) is 13.6. The number of rotatable bonds is 6. The molecule has 1 amide bonds. The predicted octanol–water partition coefficient (Wildman–Crippen LogP) is 6.41. The Labute approximate surface area is 190 Å². The van der Waals surface area contributed by atoms with Gasteiger partial charge in [0, 0.05) is 11.6 Å². The number of carbonyl (C=O) groups excluding carboxylic acids is 1. The molecule has 1 N–H and O–H groups in total. The van der Waals surface area contributed by atoms with Crippen LogP contribution in [0.4, 0.5) is 5.69 Å². The fourth-order valence-corrected chi connectivity index (χ4v) is 5.04. The number of aryl methyl sites for hydroxylation is 1. The van der Waals surface area contributed by atoms with Crippen LogP contribution in [0.25, 0.3) is 11.4 Å². The lowest BCUT2D eigenvalue weighted by atomic mass is 10.2. The number of aromatic nitrogens is 3. The zero-order valence-electron chi connectivity index (χ0n) is 16.6. The third-order valence-electron chi connectivity index (χ3n) is 5.20. The topological polar surface area (TPSA) is 59.8 Å². The van der Waals surface area contributed by atoms with Crippen molar-refractivity contribution in [3.63, 3.8) is 0 Å². The van der Waals surface area contributed by atoms with Crippen LogP contribution in [0.5, 0.6) is 0 Å². The highest BCUT2D eigenvalue weighted by Gasteiger charge is 2.26. The molecule has 30 heavy (non-hydrogen) atoms. The van der Waals surface area contributed by atoms with Gasteiger partial charge in [0.2, 0.25) is 5.91 Å². The first-order valence-electron chi connectivity index (χ1n) is 9.91. The Morgan fingerprint density at radius 3 is 2.63 bits per heavy atom. The van der Waals surface area contributed by atoms with Crippen LogP contribution < -0.4 is 5.32 Å². The van der Waals surface area contributed by atoms with Crippen LogP contribution in [-0.4, -0.2) is 26.4 Å². The van der Waals surface area contributed by atoms with E-state index >= 15 is 0 Å². The molecule has 0 unspecified atom stereocenters. The molecule has 1 aliphatic carbocycles. The number of halogens is 2. The molecule has 1 saturated carbocycles. The second-order valence-corrected chi connectivity index (χ2v) is 9.17. The minimum atomic E-state index is -0.133. The normalized spacial score (nSPS) is 14.2. The molecule has 1 aliphatic rings. The van der Waals surface area contributed by atoms with Crippen LogP contribution in [0.3, 0.4) is 0 Å². The summed E-state index contributed by atoms with van der Waals surface area (Å²) < 4.78 is 2.16. The fourth-order valence-electron chi connectivity index (χ4n) is 3.73. The van der Waals surface area contributed by atoms with Gasteiger partial charge >= 0.3 is 0 Å². The molecule has 1 aromatic heterocycles. The highest BCUT2D eigenvalue weighted by atomic mass is 35.5. The smallest absolute Gasteiger partial charge is 0.234 e. The quantitative estimate of drug-likeness (QED) is 0.431. The Morgan fingerprint density at radius 1 is 1.13 bits per heavy atom. The number of thioether (sulfide) groups is 1. The summed E-state index contributed by atoms with van der Waals surface area (Å²) in [5.74, 6) is 0.848. The molecule has 1 fully saturated rings. The zero-order chi connectivity index (χ0) is 21.1. The van der Waals surface area contributed by atoms with Gasteiger partial charge in [-0.25, -0.2) is 0 Å². The summed E-state index contributed by atoms with van der Waals surface area (Å²) in [4.78, 5) is 12.5. The second kappa shape index (κ2) is 9.41. The average Bonchev–Trinajstić information content (AvgIpc) is 3.38. The summed E-state index contributed by atoms with van der Waals surface area (Å²) in [6, 6.07) is 13.5. The van der Waals surface area contributed by atoms with Crippen molar-refractivity contribution in [1.29, 1.82) is 0 Å². The van der Waals surface area contributed by atoms with Crippen molar-refractivity contribution in [2.24, 2.45) is 0 Å². The highest BCUT2D eigenvalue weighted by Crippen LogP contribution is 2.38. The van der Waals surface area contributed by atoms with Crippen LogP contribution in [-0.2, 0) is 4.79 Å². The van der Waals surface area contributed by atoms with Crippen molar-refractivity contribution in [2.45, 2.75) is 43.8 Å². The Kier molecular flexibility index (Phi) is 6.66. The number of carbonyl (C=O) groups is 1. The molecule has 2 aromatic carbocycles. The lowest BCUT2D eigenvalue weighted by Crippen LogP contribution is -2.15. The van der Waals surface area contributed by atoms with Crippen LogP contribution >= 0.6 is 35.0 Å². The minimum absolute atomic E-state index is 0.133. The minimum Gasteiger partial charge on any atom is -0.324 e. The molecule has 0 radical (unpaired) electrons. The summed E-state index contributed by atoms with van der Waals surface area (Å²) in [7, 11) is 0. The highest BCUT2D eigenvalue weighted by molar-refractivity contribution is 7.99. The van der Waals surface area contributed by atoms with Crippen LogP contribution in [0, 0.1) is 6.92 Å². The van der Waals surface area contributed by atoms with Crippen molar-refractivity contribution in [1.82, 2.24) is 14.8 Å². The van der Waals surface area contributed by atoms with Gasteiger partial charge in [0.05, 0.1) is 21.5 Å². The molecule has 3 aromatic rings. The fraction of sp³-hybridized carbons (Fsp3) is 0.318. The van der Waals surface area contributed by atoms with E-state index in [1.807, 2.05) is 49.4 Å². The Hall–Kier alpha value is -2.02. The van der Waals surface area contributed by atoms with E-state index in [2.05, 4.69) is 20.1 Å². The van der Waals surface area contributed by atoms with E-state index in [1.165, 1.54) is 24.6 Å². The van der Waals surface area contributed by atoms with Gasteiger partial charge in [-0.05, 0) is 49.6 Å².